The van der Waals surface area contributed by atoms with Crippen molar-refractivity contribution in [3.63, 3.8) is 0 Å². The summed E-state index contributed by atoms with van der Waals surface area (Å²) in [6.07, 6.45) is 2.46. The second-order valence-electron chi connectivity index (χ2n) is 6.18. The molecule has 0 amide bonds. The number of esters is 1. The number of ether oxygens (including phenoxy) is 1. The number of hydrogen-bond acceptors (Lipinski definition) is 5. The van der Waals surface area contributed by atoms with E-state index in [2.05, 4.69) is 33.0 Å². The first kappa shape index (κ1) is 20.3. The molecule has 6 heteroatoms. The largest absolute Gasteiger partial charge is 0.464 e. The van der Waals surface area contributed by atoms with Crippen molar-refractivity contribution in [3.05, 3.63) is 60.3 Å². The molecule has 134 valence electrons. The lowest BCUT2D eigenvalue weighted by Gasteiger charge is -2.25. The van der Waals surface area contributed by atoms with Crippen LogP contribution in [0.5, 0.6) is 0 Å². The van der Waals surface area contributed by atoms with Crippen molar-refractivity contribution in [2.24, 2.45) is 5.41 Å². The van der Waals surface area contributed by atoms with Crippen LogP contribution in [-0.4, -0.2) is 23.3 Å². The number of carbonyl (C=O) groups excluding carboxylic acids is 1. The SMILES string of the molecule is CC(C)(CC(Br)c1ccccc1)C(=O)OCCSSc1ccccn1. The standard InChI is InChI=1S/C19H22BrNO2S2/c1-19(2,14-16(20)15-8-4-3-5-9-15)18(22)23-12-13-24-25-17-10-6-7-11-21-17/h3-11,16H,12-14H2,1-2H3. The minimum Gasteiger partial charge on any atom is -0.464 e. The number of halogens is 1. The molecular weight excluding hydrogens is 418 g/mol. The van der Waals surface area contributed by atoms with Gasteiger partial charge in [-0.25, -0.2) is 4.98 Å². The summed E-state index contributed by atoms with van der Waals surface area (Å²) in [4.78, 5) is 16.8. The Bertz CT molecular complexity index is 653. The van der Waals surface area contributed by atoms with Crippen LogP contribution >= 0.6 is 37.5 Å². The van der Waals surface area contributed by atoms with Crippen molar-refractivity contribution >= 4 is 43.5 Å². The third-order valence-electron chi connectivity index (χ3n) is 3.59. The highest BCUT2D eigenvalue weighted by atomic mass is 79.9. The Labute approximate surface area is 165 Å². The molecule has 0 radical (unpaired) electrons. The molecule has 2 rings (SSSR count). The molecule has 0 aliphatic carbocycles. The van der Waals surface area contributed by atoms with Gasteiger partial charge in [-0.15, -0.1) is 0 Å². The second-order valence-corrected chi connectivity index (χ2v) is 9.72. The molecule has 2 aromatic rings. The van der Waals surface area contributed by atoms with E-state index in [0.29, 0.717) is 13.0 Å². The van der Waals surface area contributed by atoms with Crippen molar-refractivity contribution in [3.8, 4) is 0 Å². The first-order chi connectivity index (χ1) is 12.0. The van der Waals surface area contributed by atoms with Crippen molar-refractivity contribution in [2.75, 3.05) is 12.4 Å². The molecular formula is C19H22BrNO2S2. The van der Waals surface area contributed by atoms with Gasteiger partial charge in [0.25, 0.3) is 0 Å². The highest BCUT2D eigenvalue weighted by Crippen LogP contribution is 2.37. The molecule has 1 atom stereocenters. The number of aromatic nitrogens is 1. The van der Waals surface area contributed by atoms with Crippen molar-refractivity contribution in [1.29, 1.82) is 0 Å². The maximum absolute atomic E-state index is 12.4. The van der Waals surface area contributed by atoms with Gasteiger partial charge in [0.05, 0.1) is 5.41 Å². The predicted molar refractivity (Wildman–Crippen MR) is 110 cm³/mol. The summed E-state index contributed by atoms with van der Waals surface area (Å²) < 4.78 is 5.47. The van der Waals surface area contributed by atoms with Gasteiger partial charge in [-0.2, -0.15) is 0 Å². The van der Waals surface area contributed by atoms with E-state index in [0.717, 1.165) is 10.8 Å². The van der Waals surface area contributed by atoms with Crippen LogP contribution in [0.25, 0.3) is 0 Å². The minimum absolute atomic E-state index is 0.130. The molecule has 0 spiro atoms. The molecule has 3 nitrogen and oxygen atoms in total. The zero-order chi connectivity index (χ0) is 18.1. The number of benzene rings is 1. The number of alkyl halides is 1. The Morgan fingerprint density at radius 2 is 1.92 bits per heavy atom. The van der Waals surface area contributed by atoms with Gasteiger partial charge in [-0.3, -0.25) is 4.79 Å². The number of carbonyl (C=O) groups is 1. The molecule has 0 bridgehead atoms. The topological polar surface area (TPSA) is 39.2 Å². The Morgan fingerprint density at radius 3 is 2.60 bits per heavy atom. The molecule has 1 aromatic heterocycles. The maximum atomic E-state index is 12.4. The normalized spacial score (nSPS) is 12.6. The number of nitrogens with zero attached hydrogens (tertiary/aromatic N) is 1. The maximum Gasteiger partial charge on any atom is 0.311 e. The van der Waals surface area contributed by atoms with Crippen LogP contribution in [0.15, 0.2) is 59.8 Å². The first-order valence-corrected chi connectivity index (χ1v) is 11.3. The smallest absolute Gasteiger partial charge is 0.311 e. The van der Waals surface area contributed by atoms with Crippen LogP contribution < -0.4 is 0 Å². The van der Waals surface area contributed by atoms with Gasteiger partial charge >= 0.3 is 5.97 Å². The summed E-state index contributed by atoms with van der Waals surface area (Å²) in [5.41, 5.74) is 0.633. The minimum atomic E-state index is -0.539. The Balaban J connectivity index is 1.71. The van der Waals surface area contributed by atoms with E-state index in [4.69, 9.17) is 4.74 Å². The fourth-order valence-electron chi connectivity index (χ4n) is 2.17. The molecule has 25 heavy (non-hydrogen) atoms. The summed E-state index contributed by atoms with van der Waals surface area (Å²) in [5, 5.41) is 0.962. The summed E-state index contributed by atoms with van der Waals surface area (Å²) in [6, 6.07) is 15.9. The summed E-state index contributed by atoms with van der Waals surface area (Å²) in [7, 11) is 3.23. The van der Waals surface area contributed by atoms with E-state index in [9.17, 15) is 4.79 Å². The zero-order valence-electron chi connectivity index (χ0n) is 14.4. The third-order valence-corrected chi connectivity index (χ3v) is 6.67. The Kier molecular flexibility index (Phi) is 8.33. The van der Waals surface area contributed by atoms with Gasteiger partial charge < -0.3 is 4.74 Å². The van der Waals surface area contributed by atoms with Crippen molar-refractivity contribution < 1.29 is 9.53 Å². The van der Waals surface area contributed by atoms with E-state index < -0.39 is 5.41 Å². The Morgan fingerprint density at radius 1 is 1.20 bits per heavy atom. The lowest BCUT2D eigenvalue weighted by atomic mass is 9.86. The lowest BCUT2D eigenvalue weighted by Crippen LogP contribution is -2.28. The summed E-state index contributed by atoms with van der Waals surface area (Å²) in [5.74, 6) is 0.579. The number of rotatable bonds is 9. The number of pyridine rings is 1. The van der Waals surface area contributed by atoms with E-state index in [1.165, 1.54) is 5.56 Å². The van der Waals surface area contributed by atoms with Crippen molar-refractivity contribution in [2.45, 2.75) is 30.1 Å². The molecule has 0 aliphatic rings. The van der Waals surface area contributed by atoms with Crippen LogP contribution in [0.2, 0.25) is 0 Å². The molecule has 1 heterocycles. The monoisotopic (exact) mass is 439 g/mol. The van der Waals surface area contributed by atoms with Crippen LogP contribution in [0.3, 0.4) is 0 Å². The van der Waals surface area contributed by atoms with Gasteiger partial charge in [-0.1, -0.05) is 63.1 Å². The van der Waals surface area contributed by atoms with Gasteiger partial charge in [0, 0.05) is 16.8 Å². The summed E-state index contributed by atoms with van der Waals surface area (Å²) >= 11 is 3.69. The van der Waals surface area contributed by atoms with Gasteiger partial charge in [-0.05, 0) is 48.8 Å². The molecule has 0 saturated carbocycles. The number of hydrogen-bond donors (Lipinski definition) is 0. The highest BCUT2D eigenvalue weighted by molar-refractivity contribution is 9.09. The predicted octanol–water partition coefficient (Wildman–Crippen LogP) is 5.92. The quantitative estimate of drug-likeness (QED) is 0.210. The van der Waals surface area contributed by atoms with Crippen LogP contribution in [0.1, 0.15) is 30.7 Å². The molecule has 1 unspecified atom stereocenters. The second kappa shape index (κ2) is 10.2. The van der Waals surface area contributed by atoms with E-state index in [1.54, 1.807) is 27.8 Å². The van der Waals surface area contributed by atoms with Crippen LogP contribution in [0.4, 0.5) is 0 Å². The average molecular weight is 440 g/mol. The van der Waals surface area contributed by atoms with E-state index >= 15 is 0 Å². The lowest BCUT2D eigenvalue weighted by molar-refractivity contribution is -0.153. The van der Waals surface area contributed by atoms with Crippen molar-refractivity contribution in [1.82, 2.24) is 4.98 Å². The van der Waals surface area contributed by atoms with E-state index in [1.807, 2.05) is 50.2 Å². The molecule has 0 N–H and O–H groups in total. The fraction of sp³-hybridized carbons (Fsp3) is 0.368. The van der Waals surface area contributed by atoms with Gasteiger partial charge in [0.2, 0.25) is 0 Å². The molecule has 0 aliphatic heterocycles. The Hall–Kier alpha value is -0.980. The van der Waals surface area contributed by atoms with Gasteiger partial charge in [0.1, 0.15) is 11.6 Å². The van der Waals surface area contributed by atoms with Crippen LogP contribution in [-0.2, 0) is 9.53 Å². The molecule has 0 fully saturated rings. The zero-order valence-corrected chi connectivity index (χ0v) is 17.6. The fourth-order valence-corrected chi connectivity index (χ4v) is 4.99. The molecule has 1 aromatic carbocycles. The first-order valence-electron chi connectivity index (χ1n) is 8.06. The average Bonchev–Trinajstić information content (AvgIpc) is 2.62. The van der Waals surface area contributed by atoms with Gasteiger partial charge in [0.15, 0.2) is 0 Å². The van der Waals surface area contributed by atoms with Crippen LogP contribution in [0, 0.1) is 5.41 Å². The molecule has 0 saturated heterocycles. The summed E-state index contributed by atoms with van der Waals surface area (Å²) in [6.45, 7) is 4.27. The van der Waals surface area contributed by atoms with E-state index in [-0.39, 0.29) is 10.8 Å². The third kappa shape index (κ3) is 7.04. The highest BCUT2D eigenvalue weighted by Gasteiger charge is 2.32.